The Morgan fingerprint density at radius 2 is 2.00 bits per heavy atom. The van der Waals surface area contributed by atoms with Crippen LogP contribution in [0, 0.1) is 19.7 Å². The maximum atomic E-state index is 14.5. The van der Waals surface area contributed by atoms with E-state index in [1.54, 1.807) is 36.7 Å². The second-order valence-corrected chi connectivity index (χ2v) is 5.91. The summed E-state index contributed by atoms with van der Waals surface area (Å²) in [5.74, 6) is -0.917. The van der Waals surface area contributed by atoms with Crippen LogP contribution in [0.1, 0.15) is 21.9 Å². The molecule has 4 rings (SSSR count). The van der Waals surface area contributed by atoms with E-state index in [-0.39, 0.29) is 5.69 Å². The summed E-state index contributed by atoms with van der Waals surface area (Å²) in [6, 6.07) is 9.62. The van der Waals surface area contributed by atoms with Crippen LogP contribution in [0.15, 0.2) is 48.8 Å². The summed E-state index contributed by atoms with van der Waals surface area (Å²) in [5, 5.41) is 11.1. The summed E-state index contributed by atoms with van der Waals surface area (Å²) in [4.78, 5) is 16.5. The highest BCUT2D eigenvalue weighted by Gasteiger charge is 2.14. The van der Waals surface area contributed by atoms with E-state index in [0.717, 1.165) is 11.4 Å². The number of hydrogen-bond acceptors (Lipinski definition) is 4. The first-order chi connectivity index (χ1) is 12.5. The van der Waals surface area contributed by atoms with Gasteiger partial charge >= 0.3 is 0 Å². The van der Waals surface area contributed by atoms with Crippen LogP contribution >= 0.6 is 0 Å². The number of benzene rings is 1. The van der Waals surface area contributed by atoms with E-state index in [1.165, 1.54) is 15.3 Å². The van der Waals surface area contributed by atoms with Crippen molar-refractivity contribution in [3.63, 3.8) is 0 Å². The van der Waals surface area contributed by atoms with Crippen LogP contribution in [0.25, 0.3) is 11.3 Å². The maximum Gasteiger partial charge on any atom is 0.276 e. The van der Waals surface area contributed by atoms with E-state index in [2.05, 4.69) is 20.5 Å². The van der Waals surface area contributed by atoms with Crippen LogP contribution in [0.5, 0.6) is 0 Å². The molecular weight excluding hydrogens is 335 g/mol. The minimum atomic E-state index is -0.481. The Morgan fingerprint density at radius 3 is 2.69 bits per heavy atom. The number of hydrogen-bond donors (Lipinski definition) is 1. The summed E-state index contributed by atoms with van der Waals surface area (Å²) in [7, 11) is 0. The molecule has 0 saturated heterocycles. The molecule has 0 atom stereocenters. The fraction of sp³-hybridized carbons (Fsp3) is 0.111. The Balaban J connectivity index is 1.59. The highest BCUT2D eigenvalue weighted by Crippen LogP contribution is 2.20. The number of anilines is 1. The van der Waals surface area contributed by atoms with Crippen molar-refractivity contribution in [2.45, 2.75) is 13.8 Å². The van der Waals surface area contributed by atoms with Crippen molar-refractivity contribution in [2.24, 2.45) is 0 Å². The maximum absolute atomic E-state index is 14.5. The number of carbonyl (C=O) groups is 1. The fourth-order valence-electron chi connectivity index (χ4n) is 2.77. The van der Waals surface area contributed by atoms with Crippen LogP contribution in [0.2, 0.25) is 0 Å². The molecule has 3 aromatic heterocycles. The molecule has 0 radical (unpaired) electrons. The molecule has 26 heavy (non-hydrogen) atoms. The third-order valence-electron chi connectivity index (χ3n) is 3.91. The quantitative estimate of drug-likeness (QED) is 0.616. The van der Waals surface area contributed by atoms with E-state index in [0.29, 0.717) is 17.0 Å². The van der Waals surface area contributed by atoms with E-state index in [4.69, 9.17) is 0 Å². The number of nitrogens with zero attached hydrogens (tertiary/aromatic N) is 5. The zero-order valence-corrected chi connectivity index (χ0v) is 14.1. The Bertz CT molecular complexity index is 1100. The minimum Gasteiger partial charge on any atom is -0.320 e. The molecular formula is C18H15FN6O. The summed E-state index contributed by atoms with van der Waals surface area (Å²) in [6.45, 7) is 3.70. The molecule has 3 heterocycles. The second-order valence-electron chi connectivity index (χ2n) is 5.91. The minimum absolute atomic E-state index is 0.201. The molecule has 0 aliphatic carbocycles. The van der Waals surface area contributed by atoms with Gasteiger partial charge in [-0.25, -0.2) is 18.6 Å². The Kier molecular flexibility index (Phi) is 3.72. The van der Waals surface area contributed by atoms with Gasteiger partial charge in [-0.2, -0.15) is 10.2 Å². The second kappa shape index (κ2) is 6.07. The largest absolute Gasteiger partial charge is 0.320 e. The predicted molar refractivity (Wildman–Crippen MR) is 93.9 cm³/mol. The summed E-state index contributed by atoms with van der Waals surface area (Å²) < 4.78 is 17.5. The topological polar surface area (TPSA) is 77.1 Å². The number of aromatic nitrogens is 5. The van der Waals surface area contributed by atoms with Gasteiger partial charge in [-0.3, -0.25) is 4.79 Å². The van der Waals surface area contributed by atoms with E-state index in [1.807, 2.05) is 19.9 Å². The van der Waals surface area contributed by atoms with Crippen LogP contribution in [-0.2, 0) is 0 Å². The average molecular weight is 350 g/mol. The summed E-state index contributed by atoms with van der Waals surface area (Å²) in [5.41, 5.74) is 3.05. The first kappa shape index (κ1) is 15.9. The van der Waals surface area contributed by atoms with E-state index < -0.39 is 11.7 Å². The smallest absolute Gasteiger partial charge is 0.276 e. The Labute approximate surface area is 148 Å². The van der Waals surface area contributed by atoms with Gasteiger partial charge in [0.25, 0.3) is 5.91 Å². The van der Waals surface area contributed by atoms with Crippen LogP contribution in [-0.4, -0.2) is 30.3 Å². The van der Waals surface area contributed by atoms with Crippen molar-refractivity contribution in [1.29, 1.82) is 0 Å². The molecule has 4 aromatic rings. The molecule has 1 amide bonds. The molecule has 0 aliphatic rings. The first-order valence-electron chi connectivity index (χ1n) is 7.96. The number of aryl methyl sites for hydroxylation is 2. The number of amides is 1. The van der Waals surface area contributed by atoms with Gasteiger partial charge in [-0.1, -0.05) is 0 Å². The van der Waals surface area contributed by atoms with Crippen molar-refractivity contribution < 1.29 is 9.18 Å². The van der Waals surface area contributed by atoms with Crippen LogP contribution in [0.4, 0.5) is 10.1 Å². The summed E-state index contributed by atoms with van der Waals surface area (Å²) >= 11 is 0. The zero-order valence-electron chi connectivity index (χ0n) is 14.1. The van der Waals surface area contributed by atoms with Crippen molar-refractivity contribution in [3.8, 4) is 5.69 Å². The van der Waals surface area contributed by atoms with Gasteiger partial charge in [-0.05, 0) is 44.2 Å². The van der Waals surface area contributed by atoms with Gasteiger partial charge in [0.15, 0.2) is 17.2 Å². The van der Waals surface area contributed by atoms with Gasteiger partial charge in [-0.15, -0.1) is 0 Å². The lowest BCUT2D eigenvalue weighted by Crippen LogP contribution is -2.13. The summed E-state index contributed by atoms with van der Waals surface area (Å²) in [6.07, 6.45) is 3.31. The normalized spacial score (nSPS) is 11.0. The molecule has 1 aromatic carbocycles. The van der Waals surface area contributed by atoms with Crippen molar-refractivity contribution in [2.75, 3.05) is 5.32 Å². The lowest BCUT2D eigenvalue weighted by atomic mass is 10.2. The molecule has 130 valence electrons. The SMILES string of the molecule is Cc1cc(C)n(-c2ccc(NC(=O)c3cc4ncccn4n3)cc2F)n1. The molecule has 0 unspecified atom stereocenters. The molecule has 0 saturated carbocycles. The lowest BCUT2D eigenvalue weighted by molar-refractivity contribution is 0.102. The van der Waals surface area contributed by atoms with Crippen LogP contribution in [0.3, 0.4) is 0 Å². The van der Waals surface area contributed by atoms with Crippen molar-refractivity contribution in [3.05, 3.63) is 71.7 Å². The van der Waals surface area contributed by atoms with E-state index in [9.17, 15) is 9.18 Å². The highest BCUT2D eigenvalue weighted by atomic mass is 19.1. The third-order valence-corrected chi connectivity index (χ3v) is 3.91. The number of halogens is 1. The number of carbonyl (C=O) groups excluding carboxylic acids is 1. The van der Waals surface area contributed by atoms with Gasteiger partial charge in [0, 0.05) is 29.8 Å². The van der Waals surface area contributed by atoms with Crippen molar-refractivity contribution >= 4 is 17.2 Å². The average Bonchev–Trinajstić information content (AvgIpc) is 3.18. The molecule has 0 fully saturated rings. The zero-order chi connectivity index (χ0) is 18.3. The molecule has 1 N–H and O–H groups in total. The van der Waals surface area contributed by atoms with E-state index >= 15 is 0 Å². The van der Waals surface area contributed by atoms with Crippen LogP contribution < -0.4 is 5.32 Å². The fourth-order valence-corrected chi connectivity index (χ4v) is 2.77. The Morgan fingerprint density at radius 1 is 1.15 bits per heavy atom. The van der Waals surface area contributed by atoms with Crippen molar-refractivity contribution in [1.82, 2.24) is 24.4 Å². The predicted octanol–water partition coefficient (Wildman–Crippen LogP) is 2.92. The Hall–Kier alpha value is -3.55. The molecule has 0 bridgehead atoms. The monoisotopic (exact) mass is 350 g/mol. The number of rotatable bonds is 3. The molecule has 0 spiro atoms. The standard InChI is InChI=1S/C18H15FN6O/c1-11-8-12(2)25(22-11)16-5-4-13(9-14(16)19)21-18(26)15-10-17-20-6-3-7-24(17)23-15/h3-10H,1-2H3,(H,21,26). The lowest BCUT2D eigenvalue weighted by Gasteiger charge is -2.08. The van der Waals surface area contributed by atoms with Gasteiger partial charge in [0.05, 0.1) is 5.69 Å². The molecule has 8 heteroatoms. The van der Waals surface area contributed by atoms with Gasteiger partial charge in [0.2, 0.25) is 0 Å². The highest BCUT2D eigenvalue weighted by molar-refractivity contribution is 6.03. The van der Waals surface area contributed by atoms with Gasteiger partial charge in [0.1, 0.15) is 5.69 Å². The third kappa shape index (κ3) is 2.81. The molecule has 7 nitrogen and oxygen atoms in total. The molecule has 0 aliphatic heterocycles. The first-order valence-corrected chi connectivity index (χ1v) is 7.96. The number of nitrogens with one attached hydrogen (secondary N) is 1. The van der Waals surface area contributed by atoms with Gasteiger partial charge < -0.3 is 5.32 Å². The number of fused-ring (bicyclic) bond motifs is 1.